The fraction of sp³-hybridized carbons (Fsp3) is 0.308. The van der Waals surface area contributed by atoms with Crippen molar-refractivity contribution >= 4 is 44.8 Å². The molecule has 0 bridgehead atoms. The Morgan fingerprint density at radius 2 is 2.14 bits per heavy atom. The van der Waals surface area contributed by atoms with Gasteiger partial charge in [0.25, 0.3) is 5.84 Å². The molecule has 7 nitrogen and oxygen atoms in total. The summed E-state index contributed by atoms with van der Waals surface area (Å²) in [6.45, 7) is 2.11. The van der Waals surface area contributed by atoms with Gasteiger partial charge in [-0.15, -0.1) is 0 Å². The van der Waals surface area contributed by atoms with Crippen molar-refractivity contribution in [2.75, 3.05) is 11.9 Å². The summed E-state index contributed by atoms with van der Waals surface area (Å²) >= 11 is 4.94. The first-order valence-electron chi connectivity index (χ1n) is 6.68. The van der Waals surface area contributed by atoms with E-state index in [1.807, 2.05) is 0 Å². The second-order valence-corrected chi connectivity index (χ2v) is 6.87. The third kappa shape index (κ3) is 4.50. The van der Waals surface area contributed by atoms with E-state index >= 15 is 0 Å². The fourth-order valence-electron chi connectivity index (χ4n) is 1.96. The van der Waals surface area contributed by atoms with E-state index in [-0.39, 0.29) is 15.9 Å². The van der Waals surface area contributed by atoms with Crippen molar-refractivity contribution < 1.29 is 18.2 Å². The molecule has 1 aliphatic rings. The van der Waals surface area contributed by atoms with E-state index in [2.05, 4.69) is 20.3 Å². The number of thiocarbonyl (C=S) groups is 1. The van der Waals surface area contributed by atoms with Gasteiger partial charge in [0.15, 0.2) is 5.11 Å². The molecule has 1 amide bonds. The predicted octanol–water partition coefficient (Wildman–Crippen LogP) is -0.929. The normalized spacial score (nSPS) is 14.1. The Bertz CT molecular complexity index is 729. The number of hydrogen-bond donors (Lipinski definition) is 4. The van der Waals surface area contributed by atoms with E-state index in [0.717, 1.165) is 13.0 Å². The summed E-state index contributed by atoms with van der Waals surface area (Å²) in [5.74, 6) is 0.304. The van der Waals surface area contributed by atoms with Crippen molar-refractivity contribution in [2.45, 2.75) is 24.7 Å². The number of amidine groups is 1. The second-order valence-electron chi connectivity index (χ2n) is 4.78. The van der Waals surface area contributed by atoms with Crippen LogP contribution in [0.25, 0.3) is 0 Å². The van der Waals surface area contributed by atoms with E-state index in [1.54, 1.807) is 12.1 Å². The summed E-state index contributed by atoms with van der Waals surface area (Å²) < 4.78 is 27.1. The molecule has 1 heterocycles. The van der Waals surface area contributed by atoms with E-state index in [1.165, 1.54) is 19.1 Å². The molecule has 0 spiro atoms. The Morgan fingerprint density at radius 3 is 2.77 bits per heavy atom. The van der Waals surface area contributed by atoms with Crippen LogP contribution in [0.2, 0.25) is 0 Å². The highest BCUT2D eigenvalue weighted by atomic mass is 32.2. The van der Waals surface area contributed by atoms with Gasteiger partial charge in [-0.25, -0.2) is 0 Å². The summed E-state index contributed by atoms with van der Waals surface area (Å²) in [6, 6.07) is 6.20. The lowest BCUT2D eigenvalue weighted by Gasteiger charge is -2.09. The standard InChI is InChI=1S/C13H16N4O3S2/c1-9(18)15-13(21)16-10-4-2-5-11(8-10)22(19,20)17-12-6-3-7-14-12/h2,4-5,8H,3,6-7H2,1H3,(H,14,17)(H2,15,16,18,21)/p+1. The van der Waals surface area contributed by atoms with Crippen LogP contribution in [0.5, 0.6) is 0 Å². The lowest BCUT2D eigenvalue weighted by Crippen LogP contribution is -2.72. The van der Waals surface area contributed by atoms with Crippen LogP contribution in [0.4, 0.5) is 5.69 Å². The van der Waals surface area contributed by atoms with Crippen LogP contribution in [-0.2, 0) is 14.8 Å². The summed E-state index contributed by atoms with van der Waals surface area (Å²) in [6.07, 6.45) is 1.59. The van der Waals surface area contributed by atoms with Crippen LogP contribution in [0.15, 0.2) is 29.2 Å². The number of rotatable bonds is 3. The molecule has 22 heavy (non-hydrogen) atoms. The minimum absolute atomic E-state index is 0.113. The Hall–Kier alpha value is -2.00. The molecule has 118 valence electrons. The molecule has 0 saturated carbocycles. The van der Waals surface area contributed by atoms with Gasteiger partial charge in [0.2, 0.25) is 5.91 Å². The van der Waals surface area contributed by atoms with E-state index in [0.29, 0.717) is 17.9 Å². The molecule has 0 aromatic heterocycles. The fourth-order valence-corrected chi connectivity index (χ4v) is 3.38. The Balaban J connectivity index is 2.13. The average Bonchev–Trinajstić information content (AvgIpc) is 2.90. The highest BCUT2D eigenvalue weighted by Crippen LogP contribution is 2.15. The van der Waals surface area contributed by atoms with Gasteiger partial charge in [0.1, 0.15) is 4.90 Å². The molecule has 1 aromatic carbocycles. The molecule has 0 unspecified atom stereocenters. The van der Waals surface area contributed by atoms with Crippen LogP contribution in [0.1, 0.15) is 19.8 Å². The molecule has 0 aliphatic carbocycles. The Kier molecular flexibility index (Phi) is 5.09. The SMILES string of the molecule is CC(=O)NC(=S)Nc1cccc(S(=O)(=O)NC2=[NH+]CCC2)c1. The third-order valence-corrected chi connectivity index (χ3v) is 4.49. The minimum atomic E-state index is -3.65. The number of carbonyl (C=O) groups excluding carboxylic acids is 1. The van der Waals surface area contributed by atoms with Crippen molar-refractivity contribution in [3.63, 3.8) is 0 Å². The van der Waals surface area contributed by atoms with Crippen LogP contribution in [-0.4, -0.2) is 31.8 Å². The quantitative estimate of drug-likeness (QED) is 0.532. The van der Waals surface area contributed by atoms with Gasteiger partial charge in [-0.3, -0.25) is 9.79 Å². The van der Waals surface area contributed by atoms with Gasteiger partial charge in [0, 0.05) is 12.6 Å². The summed E-state index contributed by atoms with van der Waals surface area (Å²) in [7, 11) is -3.65. The highest BCUT2D eigenvalue weighted by molar-refractivity contribution is 7.90. The van der Waals surface area contributed by atoms with Gasteiger partial charge >= 0.3 is 10.0 Å². The summed E-state index contributed by atoms with van der Waals surface area (Å²) in [4.78, 5) is 14.0. The maximum atomic E-state index is 12.3. The Morgan fingerprint density at radius 1 is 1.36 bits per heavy atom. The molecule has 1 aromatic rings. The maximum absolute atomic E-state index is 12.3. The molecule has 0 fully saturated rings. The molecule has 9 heteroatoms. The van der Waals surface area contributed by atoms with E-state index in [4.69, 9.17) is 12.2 Å². The number of anilines is 1. The first-order valence-corrected chi connectivity index (χ1v) is 8.57. The number of nitrogens with one attached hydrogen (secondary N) is 4. The second kappa shape index (κ2) is 6.84. The topological polar surface area (TPSA) is 101 Å². The van der Waals surface area contributed by atoms with E-state index in [9.17, 15) is 13.2 Å². The molecule has 4 N–H and O–H groups in total. The van der Waals surface area contributed by atoms with Crippen LogP contribution in [0, 0.1) is 0 Å². The summed E-state index contributed by atoms with van der Waals surface area (Å²) in [5.41, 5.74) is 0.478. The smallest absolute Gasteiger partial charge is 0.328 e. The summed E-state index contributed by atoms with van der Waals surface area (Å²) in [5, 5.41) is 5.29. The lowest BCUT2D eigenvalue weighted by atomic mass is 10.3. The molecule has 0 saturated heterocycles. The molecule has 0 radical (unpaired) electrons. The average molecular weight is 341 g/mol. The predicted molar refractivity (Wildman–Crippen MR) is 86.9 cm³/mol. The largest absolute Gasteiger partial charge is 0.332 e. The van der Waals surface area contributed by atoms with Crippen LogP contribution < -0.4 is 20.3 Å². The molecular formula is C13H17N4O3S2+. The van der Waals surface area contributed by atoms with Gasteiger partial charge in [-0.1, -0.05) is 6.07 Å². The highest BCUT2D eigenvalue weighted by Gasteiger charge is 2.24. The third-order valence-electron chi connectivity index (χ3n) is 2.89. The minimum Gasteiger partial charge on any atom is -0.332 e. The number of benzene rings is 1. The zero-order valence-corrected chi connectivity index (χ0v) is 13.6. The molecule has 2 rings (SSSR count). The van der Waals surface area contributed by atoms with Gasteiger partial charge in [-0.05, 0) is 36.8 Å². The zero-order valence-electron chi connectivity index (χ0n) is 12.0. The number of hydrogen-bond acceptors (Lipinski definition) is 4. The monoisotopic (exact) mass is 341 g/mol. The van der Waals surface area contributed by atoms with Crippen LogP contribution in [0.3, 0.4) is 0 Å². The first kappa shape index (κ1) is 16.4. The number of carbonyl (C=O) groups is 1. The molecular weight excluding hydrogens is 324 g/mol. The number of sulfonamides is 1. The first-order chi connectivity index (χ1) is 10.4. The van der Waals surface area contributed by atoms with Gasteiger partial charge in [0.05, 0.1) is 13.0 Å². The van der Waals surface area contributed by atoms with E-state index < -0.39 is 10.0 Å². The maximum Gasteiger partial charge on any atom is 0.328 e. The van der Waals surface area contributed by atoms with Crippen LogP contribution >= 0.6 is 12.2 Å². The zero-order chi connectivity index (χ0) is 16.2. The van der Waals surface area contributed by atoms with Gasteiger partial charge < -0.3 is 10.6 Å². The Labute approximate surface area is 134 Å². The van der Waals surface area contributed by atoms with Gasteiger partial charge in [-0.2, -0.15) is 13.1 Å². The van der Waals surface area contributed by atoms with Crippen molar-refractivity contribution in [1.82, 2.24) is 10.0 Å². The lowest BCUT2D eigenvalue weighted by molar-refractivity contribution is -0.448. The van der Waals surface area contributed by atoms with Crippen molar-refractivity contribution in [2.24, 2.45) is 0 Å². The molecule has 1 aliphatic heterocycles. The number of amides is 1. The van der Waals surface area contributed by atoms with Crippen molar-refractivity contribution in [3.05, 3.63) is 24.3 Å². The molecule has 0 atom stereocenters. The van der Waals surface area contributed by atoms with Crippen molar-refractivity contribution in [1.29, 1.82) is 0 Å². The van der Waals surface area contributed by atoms with Crippen molar-refractivity contribution in [3.8, 4) is 0 Å².